The minimum absolute atomic E-state index is 0.150. The van der Waals surface area contributed by atoms with Gasteiger partial charge in [0, 0.05) is 15.7 Å². The van der Waals surface area contributed by atoms with Crippen LogP contribution in [-0.2, 0) is 0 Å². The van der Waals surface area contributed by atoms with Crippen LogP contribution in [-0.4, -0.2) is 5.91 Å². The molecule has 1 aromatic rings. The molecule has 3 nitrogen and oxygen atoms in total. The number of benzene rings is 1. The number of hydrogen-bond acceptors (Lipinski definition) is 2. The van der Waals surface area contributed by atoms with Crippen molar-refractivity contribution in [2.24, 2.45) is 5.92 Å². The van der Waals surface area contributed by atoms with Crippen molar-refractivity contribution < 1.29 is 4.79 Å². The Balaban J connectivity index is 1.89. The van der Waals surface area contributed by atoms with Gasteiger partial charge in [-0.05, 0) is 37.0 Å². The maximum absolute atomic E-state index is 11.7. The molecule has 4 heteroatoms. The number of hydrazine groups is 1. The fourth-order valence-electron chi connectivity index (χ4n) is 1.37. The molecule has 0 spiro atoms. The zero-order chi connectivity index (χ0) is 11.5. The average molecular weight is 281 g/mol. The molecule has 1 aromatic carbocycles. The van der Waals surface area contributed by atoms with Crippen LogP contribution in [0.4, 0.5) is 0 Å². The zero-order valence-corrected chi connectivity index (χ0v) is 10.4. The third-order valence-electron chi connectivity index (χ3n) is 2.49. The fourth-order valence-corrected chi connectivity index (χ4v) is 1.77. The Labute approximate surface area is 103 Å². The highest BCUT2D eigenvalue weighted by Gasteiger charge is 2.24. The Hall–Kier alpha value is -1.29. The van der Waals surface area contributed by atoms with Crippen molar-refractivity contribution in [3.63, 3.8) is 0 Å². The van der Waals surface area contributed by atoms with Crippen molar-refractivity contribution in [1.82, 2.24) is 10.9 Å². The normalized spacial score (nSPS) is 14.3. The van der Waals surface area contributed by atoms with E-state index in [1.807, 2.05) is 12.1 Å². The van der Waals surface area contributed by atoms with Gasteiger partial charge in [-0.1, -0.05) is 28.6 Å². The van der Waals surface area contributed by atoms with Gasteiger partial charge in [0.05, 0.1) is 0 Å². The van der Waals surface area contributed by atoms with Gasteiger partial charge < -0.3 is 5.43 Å². The molecule has 0 aliphatic heterocycles. The number of hydrogen-bond donors (Lipinski definition) is 2. The lowest BCUT2D eigenvalue weighted by atomic mass is 10.2. The number of carbonyl (C=O) groups is 1. The van der Waals surface area contributed by atoms with Gasteiger partial charge in [-0.15, -0.1) is 0 Å². The number of allylic oxidation sites excluding steroid dienone is 1. The van der Waals surface area contributed by atoms with Crippen LogP contribution in [0.5, 0.6) is 0 Å². The second-order valence-electron chi connectivity index (χ2n) is 3.89. The zero-order valence-electron chi connectivity index (χ0n) is 8.79. The van der Waals surface area contributed by atoms with Crippen LogP contribution in [0.2, 0.25) is 0 Å². The van der Waals surface area contributed by atoms with Crippen LogP contribution in [0.1, 0.15) is 23.2 Å². The molecule has 0 bridgehead atoms. The van der Waals surface area contributed by atoms with Crippen LogP contribution in [0.3, 0.4) is 0 Å². The lowest BCUT2D eigenvalue weighted by Gasteiger charge is -2.10. The SMILES string of the molecule is C=C(NNC(=O)c1cccc(Br)c1)C1CC1. The van der Waals surface area contributed by atoms with Gasteiger partial charge in [-0.2, -0.15) is 0 Å². The first-order valence-electron chi connectivity index (χ1n) is 5.17. The van der Waals surface area contributed by atoms with Crippen LogP contribution in [0.25, 0.3) is 0 Å². The van der Waals surface area contributed by atoms with E-state index < -0.39 is 0 Å². The Morgan fingerprint density at radius 3 is 2.75 bits per heavy atom. The lowest BCUT2D eigenvalue weighted by molar-refractivity contribution is 0.0938. The average Bonchev–Trinajstić information content (AvgIpc) is 3.09. The second kappa shape index (κ2) is 4.70. The topological polar surface area (TPSA) is 41.1 Å². The van der Waals surface area contributed by atoms with Gasteiger partial charge in [0.1, 0.15) is 0 Å². The molecule has 16 heavy (non-hydrogen) atoms. The predicted molar refractivity (Wildman–Crippen MR) is 66.6 cm³/mol. The van der Waals surface area contributed by atoms with Crippen LogP contribution >= 0.6 is 15.9 Å². The maximum atomic E-state index is 11.7. The summed E-state index contributed by atoms with van der Waals surface area (Å²) in [7, 11) is 0. The van der Waals surface area contributed by atoms with Crippen LogP contribution in [0, 0.1) is 5.92 Å². The molecule has 0 radical (unpaired) electrons. The van der Waals surface area contributed by atoms with Crippen LogP contribution in [0.15, 0.2) is 41.0 Å². The van der Waals surface area contributed by atoms with Crippen LogP contribution < -0.4 is 10.9 Å². The smallest absolute Gasteiger partial charge is 0.269 e. The van der Waals surface area contributed by atoms with E-state index in [2.05, 4.69) is 33.4 Å². The molecular formula is C12H13BrN2O. The van der Waals surface area contributed by atoms with E-state index in [9.17, 15) is 4.79 Å². The highest BCUT2D eigenvalue weighted by Crippen LogP contribution is 2.33. The standard InChI is InChI=1S/C12H13BrN2O/c1-8(9-5-6-9)14-15-12(16)10-3-2-4-11(13)7-10/h2-4,7,9,14H,1,5-6H2,(H,15,16). The van der Waals surface area contributed by atoms with Crippen molar-refractivity contribution in [2.45, 2.75) is 12.8 Å². The largest absolute Gasteiger partial charge is 0.303 e. The van der Waals surface area contributed by atoms with E-state index in [0.717, 1.165) is 10.2 Å². The summed E-state index contributed by atoms with van der Waals surface area (Å²) in [6.45, 7) is 3.86. The number of carbonyl (C=O) groups excluding carboxylic acids is 1. The van der Waals surface area contributed by atoms with Gasteiger partial charge in [0.25, 0.3) is 5.91 Å². The summed E-state index contributed by atoms with van der Waals surface area (Å²) >= 11 is 3.33. The minimum Gasteiger partial charge on any atom is -0.303 e. The molecule has 2 rings (SSSR count). The Morgan fingerprint density at radius 1 is 1.38 bits per heavy atom. The van der Waals surface area contributed by atoms with E-state index in [4.69, 9.17) is 0 Å². The second-order valence-corrected chi connectivity index (χ2v) is 4.80. The molecular weight excluding hydrogens is 268 g/mol. The van der Waals surface area contributed by atoms with Crippen molar-refractivity contribution >= 4 is 21.8 Å². The third kappa shape index (κ3) is 2.85. The highest BCUT2D eigenvalue weighted by atomic mass is 79.9. The first kappa shape index (κ1) is 11.2. The summed E-state index contributed by atoms with van der Waals surface area (Å²) in [6.07, 6.45) is 2.33. The minimum atomic E-state index is -0.150. The Morgan fingerprint density at radius 2 is 2.12 bits per heavy atom. The van der Waals surface area contributed by atoms with Gasteiger partial charge in [0.2, 0.25) is 0 Å². The molecule has 0 unspecified atom stereocenters. The molecule has 0 saturated heterocycles. The first-order valence-corrected chi connectivity index (χ1v) is 5.97. The third-order valence-corrected chi connectivity index (χ3v) is 2.99. The summed E-state index contributed by atoms with van der Waals surface area (Å²) < 4.78 is 0.890. The van der Waals surface area contributed by atoms with E-state index in [1.165, 1.54) is 12.8 Å². The number of rotatable bonds is 4. The molecule has 1 saturated carbocycles. The first-order chi connectivity index (χ1) is 7.66. The number of nitrogens with one attached hydrogen (secondary N) is 2. The van der Waals surface area contributed by atoms with Crippen molar-refractivity contribution in [1.29, 1.82) is 0 Å². The van der Waals surface area contributed by atoms with Gasteiger partial charge in [-0.25, -0.2) is 0 Å². The van der Waals surface area contributed by atoms with E-state index in [0.29, 0.717) is 11.5 Å². The molecule has 1 amide bonds. The number of halogens is 1. The highest BCUT2D eigenvalue weighted by molar-refractivity contribution is 9.10. The van der Waals surface area contributed by atoms with E-state index in [1.54, 1.807) is 12.1 Å². The summed E-state index contributed by atoms with van der Waals surface area (Å²) in [5, 5.41) is 0. The number of amides is 1. The molecule has 2 N–H and O–H groups in total. The summed E-state index contributed by atoms with van der Waals surface area (Å²) in [5.41, 5.74) is 7.00. The molecule has 84 valence electrons. The molecule has 1 aliphatic rings. The lowest BCUT2D eigenvalue weighted by Crippen LogP contribution is -2.36. The molecule has 0 atom stereocenters. The summed E-state index contributed by atoms with van der Waals surface area (Å²) in [5.74, 6) is 0.380. The predicted octanol–water partition coefficient (Wildman–Crippen LogP) is 2.61. The summed E-state index contributed by atoms with van der Waals surface area (Å²) in [4.78, 5) is 11.7. The molecule has 1 fully saturated rings. The van der Waals surface area contributed by atoms with Crippen molar-refractivity contribution in [2.75, 3.05) is 0 Å². The van der Waals surface area contributed by atoms with Gasteiger partial charge in [0.15, 0.2) is 0 Å². The molecule has 1 aliphatic carbocycles. The van der Waals surface area contributed by atoms with E-state index >= 15 is 0 Å². The van der Waals surface area contributed by atoms with Gasteiger partial charge in [-0.3, -0.25) is 10.2 Å². The fraction of sp³-hybridized carbons (Fsp3) is 0.250. The molecule has 0 heterocycles. The van der Waals surface area contributed by atoms with Gasteiger partial charge >= 0.3 is 0 Å². The van der Waals surface area contributed by atoms with E-state index in [-0.39, 0.29) is 5.91 Å². The molecule has 0 aromatic heterocycles. The Kier molecular flexibility index (Phi) is 3.29. The van der Waals surface area contributed by atoms with Crippen molar-refractivity contribution in [3.8, 4) is 0 Å². The van der Waals surface area contributed by atoms with Crippen molar-refractivity contribution in [3.05, 3.63) is 46.6 Å². The quantitative estimate of drug-likeness (QED) is 0.833. The monoisotopic (exact) mass is 280 g/mol. The maximum Gasteiger partial charge on any atom is 0.269 e. The Bertz CT molecular complexity index is 427. The summed E-state index contributed by atoms with van der Waals surface area (Å²) in [6, 6.07) is 7.25.